The van der Waals surface area contributed by atoms with Crippen molar-refractivity contribution in [2.24, 2.45) is 0 Å². The number of carbonyl (C=O) groups is 1. The first-order valence-electron chi connectivity index (χ1n) is 11.7. The van der Waals surface area contributed by atoms with Crippen LogP contribution in [0, 0.1) is 5.82 Å². The summed E-state index contributed by atoms with van der Waals surface area (Å²) in [5.74, 6) is -1.60. The molecule has 6 heteroatoms. The van der Waals surface area contributed by atoms with Gasteiger partial charge in [0.05, 0.1) is 6.61 Å². The van der Waals surface area contributed by atoms with E-state index in [4.69, 9.17) is 18.9 Å². The minimum absolute atomic E-state index is 0.00947. The molecular weight excluding hydrogens is 459 g/mol. The molecule has 0 N–H and O–H groups in total. The number of hydrogen-bond donors (Lipinski definition) is 0. The number of rotatable bonds is 11. The zero-order valence-corrected chi connectivity index (χ0v) is 20.0. The van der Waals surface area contributed by atoms with Gasteiger partial charge in [0.15, 0.2) is 11.6 Å². The molecule has 4 aromatic rings. The Labute approximate surface area is 210 Å². The molecule has 0 unspecified atom stereocenters. The highest BCUT2D eigenvalue weighted by molar-refractivity contribution is 5.91. The van der Waals surface area contributed by atoms with Crippen LogP contribution in [-0.2, 0) is 24.6 Å². The lowest BCUT2D eigenvalue weighted by Gasteiger charge is -2.19. The van der Waals surface area contributed by atoms with E-state index in [-0.39, 0.29) is 49.2 Å². The van der Waals surface area contributed by atoms with Crippen molar-refractivity contribution in [1.29, 1.82) is 0 Å². The molecule has 0 bridgehead atoms. The van der Waals surface area contributed by atoms with Crippen molar-refractivity contribution >= 4 is 5.97 Å². The Bertz CT molecular complexity index is 1260. The molecule has 5 nitrogen and oxygen atoms in total. The maximum atomic E-state index is 15.8. The van der Waals surface area contributed by atoms with Gasteiger partial charge in [0, 0.05) is 6.07 Å². The first kappa shape index (κ1) is 24.8. The zero-order valence-electron chi connectivity index (χ0n) is 20.0. The van der Waals surface area contributed by atoms with Gasteiger partial charge in [-0.05, 0) is 23.6 Å². The molecule has 0 aliphatic carbocycles. The van der Waals surface area contributed by atoms with E-state index >= 15 is 4.39 Å². The summed E-state index contributed by atoms with van der Waals surface area (Å²) in [6, 6.07) is 29.3. The lowest BCUT2D eigenvalue weighted by atomic mass is 10.1. The number of esters is 1. The van der Waals surface area contributed by atoms with E-state index in [1.54, 1.807) is 6.92 Å². The van der Waals surface area contributed by atoms with Crippen LogP contribution in [0.5, 0.6) is 17.2 Å². The molecule has 0 radical (unpaired) electrons. The molecule has 0 aliphatic heterocycles. The van der Waals surface area contributed by atoms with E-state index in [9.17, 15) is 4.79 Å². The summed E-state index contributed by atoms with van der Waals surface area (Å²) in [4.78, 5) is 12.9. The van der Waals surface area contributed by atoms with Gasteiger partial charge in [-0.1, -0.05) is 91.0 Å². The Kier molecular flexibility index (Phi) is 8.54. The molecule has 0 saturated heterocycles. The SMILES string of the molecule is CCOc1cc(C(=O)OCc2ccccc2)c(F)c(OCc2ccccc2)c1OCc1ccccc1. The summed E-state index contributed by atoms with van der Waals surface area (Å²) >= 11 is 0. The molecule has 0 aromatic heterocycles. The largest absolute Gasteiger partial charge is 0.490 e. The molecular formula is C30H27FO5. The number of carbonyl (C=O) groups excluding carboxylic acids is 1. The lowest BCUT2D eigenvalue weighted by Crippen LogP contribution is -2.12. The molecule has 0 heterocycles. The Balaban J connectivity index is 1.66. The number of halogens is 1. The Morgan fingerprint density at radius 3 is 1.64 bits per heavy atom. The zero-order chi connectivity index (χ0) is 25.2. The highest BCUT2D eigenvalue weighted by atomic mass is 19.1. The number of benzene rings is 4. The van der Waals surface area contributed by atoms with E-state index in [1.165, 1.54) is 6.07 Å². The average Bonchev–Trinajstić information content (AvgIpc) is 2.92. The van der Waals surface area contributed by atoms with Gasteiger partial charge in [-0.25, -0.2) is 9.18 Å². The van der Waals surface area contributed by atoms with Crippen LogP contribution in [0.4, 0.5) is 4.39 Å². The topological polar surface area (TPSA) is 54.0 Å². The quantitative estimate of drug-likeness (QED) is 0.220. The van der Waals surface area contributed by atoms with Crippen LogP contribution in [0.15, 0.2) is 97.1 Å². The summed E-state index contributed by atoms with van der Waals surface area (Å²) in [5.41, 5.74) is 2.23. The van der Waals surface area contributed by atoms with E-state index < -0.39 is 11.8 Å². The van der Waals surface area contributed by atoms with Gasteiger partial charge in [0.2, 0.25) is 11.5 Å². The smallest absolute Gasteiger partial charge is 0.341 e. The Hall–Kier alpha value is -4.32. The summed E-state index contributed by atoms with van der Waals surface area (Å²) in [6.07, 6.45) is 0. The highest BCUT2D eigenvalue weighted by Gasteiger charge is 2.27. The van der Waals surface area contributed by atoms with Gasteiger partial charge in [0.25, 0.3) is 0 Å². The molecule has 0 saturated carbocycles. The first-order valence-corrected chi connectivity index (χ1v) is 11.7. The van der Waals surface area contributed by atoms with Crippen molar-refractivity contribution in [2.45, 2.75) is 26.7 Å². The average molecular weight is 487 g/mol. The summed E-state index contributed by atoms with van der Waals surface area (Å²) in [5, 5.41) is 0. The minimum atomic E-state index is -0.865. The highest BCUT2D eigenvalue weighted by Crippen LogP contribution is 2.43. The fourth-order valence-corrected chi connectivity index (χ4v) is 3.53. The molecule has 184 valence electrons. The molecule has 0 aliphatic rings. The molecule has 4 aromatic carbocycles. The van der Waals surface area contributed by atoms with Crippen LogP contribution in [0.2, 0.25) is 0 Å². The van der Waals surface area contributed by atoms with Crippen LogP contribution in [0.3, 0.4) is 0 Å². The van der Waals surface area contributed by atoms with Crippen molar-refractivity contribution in [2.75, 3.05) is 6.61 Å². The summed E-state index contributed by atoms with van der Waals surface area (Å²) in [6.45, 7) is 2.33. The van der Waals surface area contributed by atoms with Gasteiger partial charge in [-0.2, -0.15) is 0 Å². The molecule has 0 atom stereocenters. The van der Waals surface area contributed by atoms with E-state index in [1.807, 2.05) is 91.0 Å². The second kappa shape index (κ2) is 12.4. The standard InChI is InChI=1S/C30H27FO5/c1-2-33-26-18-25(30(32)36-21-24-16-10-5-11-17-24)27(31)29(35-20-23-14-8-4-9-15-23)28(26)34-19-22-12-6-3-7-13-22/h3-18H,2,19-21H2,1H3. The van der Waals surface area contributed by atoms with E-state index in [0.29, 0.717) is 0 Å². The second-order valence-electron chi connectivity index (χ2n) is 7.94. The number of hydrogen-bond acceptors (Lipinski definition) is 5. The van der Waals surface area contributed by atoms with Gasteiger partial charge < -0.3 is 18.9 Å². The van der Waals surface area contributed by atoms with Crippen molar-refractivity contribution < 1.29 is 28.1 Å². The van der Waals surface area contributed by atoms with Gasteiger partial charge in [-0.3, -0.25) is 0 Å². The third kappa shape index (κ3) is 6.42. The molecule has 36 heavy (non-hydrogen) atoms. The predicted octanol–water partition coefficient (Wildman–Crippen LogP) is 6.74. The van der Waals surface area contributed by atoms with Crippen molar-refractivity contribution in [3.8, 4) is 17.2 Å². The summed E-state index contributed by atoms with van der Waals surface area (Å²) in [7, 11) is 0. The molecule has 0 spiro atoms. The Morgan fingerprint density at radius 1 is 0.667 bits per heavy atom. The van der Waals surface area contributed by atoms with Crippen molar-refractivity contribution in [3.05, 3.63) is 125 Å². The third-order valence-electron chi connectivity index (χ3n) is 5.33. The van der Waals surface area contributed by atoms with E-state index in [0.717, 1.165) is 16.7 Å². The lowest BCUT2D eigenvalue weighted by molar-refractivity contribution is 0.0465. The van der Waals surface area contributed by atoms with Gasteiger partial charge in [0.1, 0.15) is 25.4 Å². The maximum absolute atomic E-state index is 15.8. The minimum Gasteiger partial charge on any atom is -0.490 e. The van der Waals surface area contributed by atoms with Crippen LogP contribution >= 0.6 is 0 Å². The van der Waals surface area contributed by atoms with Crippen LogP contribution in [-0.4, -0.2) is 12.6 Å². The van der Waals surface area contributed by atoms with Crippen molar-refractivity contribution in [3.63, 3.8) is 0 Å². The normalized spacial score (nSPS) is 10.5. The second-order valence-corrected chi connectivity index (χ2v) is 7.94. The van der Waals surface area contributed by atoms with Gasteiger partial charge >= 0.3 is 5.97 Å². The van der Waals surface area contributed by atoms with Gasteiger partial charge in [-0.15, -0.1) is 0 Å². The van der Waals surface area contributed by atoms with E-state index in [2.05, 4.69) is 0 Å². The van der Waals surface area contributed by atoms with Crippen LogP contribution < -0.4 is 14.2 Å². The van der Waals surface area contributed by atoms with Crippen LogP contribution in [0.1, 0.15) is 34.0 Å². The molecule has 0 fully saturated rings. The van der Waals surface area contributed by atoms with Crippen LogP contribution in [0.25, 0.3) is 0 Å². The maximum Gasteiger partial charge on any atom is 0.341 e. The Morgan fingerprint density at radius 2 is 1.14 bits per heavy atom. The third-order valence-corrected chi connectivity index (χ3v) is 5.33. The fourth-order valence-electron chi connectivity index (χ4n) is 3.53. The molecule has 0 amide bonds. The monoisotopic (exact) mass is 486 g/mol. The predicted molar refractivity (Wildman–Crippen MR) is 135 cm³/mol. The van der Waals surface area contributed by atoms with Crippen molar-refractivity contribution in [1.82, 2.24) is 0 Å². The summed E-state index contributed by atoms with van der Waals surface area (Å²) < 4.78 is 38.8. The fraction of sp³-hybridized carbons (Fsp3) is 0.167. The number of ether oxygens (including phenoxy) is 4. The first-order chi connectivity index (χ1) is 17.7. The molecule has 4 rings (SSSR count).